The summed E-state index contributed by atoms with van der Waals surface area (Å²) in [6.45, 7) is 12.0. The normalized spacial score (nSPS) is 12.1. The SMILES string of the molecule is Cc1nn(C(=O)OC(C)(C)C)c2cnc(-c3c(F)cc(CN(C)C(=O)OC(C)(C)C)cc3F)cc12. The van der Waals surface area contributed by atoms with E-state index in [4.69, 9.17) is 9.47 Å². The van der Waals surface area contributed by atoms with Gasteiger partial charge in [-0.1, -0.05) is 0 Å². The Morgan fingerprint density at radius 2 is 1.57 bits per heavy atom. The number of halogens is 2. The molecule has 0 bridgehead atoms. The van der Waals surface area contributed by atoms with Gasteiger partial charge in [0.15, 0.2) is 0 Å². The van der Waals surface area contributed by atoms with E-state index in [1.807, 2.05) is 0 Å². The summed E-state index contributed by atoms with van der Waals surface area (Å²) in [6, 6.07) is 3.79. The number of fused-ring (bicyclic) bond motifs is 1. The van der Waals surface area contributed by atoms with E-state index >= 15 is 8.78 Å². The number of ether oxygens (including phenoxy) is 2. The fourth-order valence-electron chi connectivity index (χ4n) is 3.39. The first-order valence-corrected chi connectivity index (χ1v) is 11.1. The van der Waals surface area contributed by atoms with Crippen molar-refractivity contribution < 1.29 is 27.8 Å². The molecule has 0 fully saturated rings. The van der Waals surface area contributed by atoms with Crippen LogP contribution < -0.4 is 0 Å². The number of carbonyl (C=O) groups is 2. The molecule has 0 aliphatic heterocycles. The predicted molar refractivity (Wildman–Crippen MR) is 127 cm³/mol. The van der Waals surface area contributed by atoms with Crippen molar-refractivity contribution in [1.82, 2.24) is 19.7 Å². The molecule has 2 heterocycles. The molecule has 188 valence electrons. The van der Waals surface area contributed by atoms with Crippen molar-refractivity contribution in [2.45, 2.75) is 66.2 Å². The van der Waals surface area contributed by atoms with Gasteiger partial charge in [0.05, 0.1) is 28.7 Å². The molecule has 1 amide bonds. The Morgan fingerprint density at radius 3 is 2.11 bits per heavy atom. The van der Waals surface area contributed by atoms with E-state index in [9.17, 15) is 9.59 Å². The number of aryl methyl sites for hydroxylation is 1. The molecule has 1 aromatic carbocycles. The molecule has 0 saturated heterocycles. The van der Waals surface area contributed by atoms with E-state index in [0.29, 0.717) is 16.6 Å². The Kier molecular flexibility index (Phi) is 6.88. The van der Waals surface area contributed by atoms with E-state index in [1.165, 1.54) is 24.2 Å². The van der Waals surface area contributed by atoms with Crippen molar-refractivity contribution in [3.8, 4) is 11.3 Å². The molecule has 0 N–H and O–H groups in total. The van der Waals surface area contributed by atoms with Crippen molar-refractivity contribution in [2.75, 3.05) is 7.05 Å². The maximum Gasteiger partial charge on any atom is 0.435 e. The quantitative estimate of drug-likeness (QED) is 0.461. The molecule has 10 heteroatoms. The second kappa shape index (κ2) is 9.24. The molecule has 0 spiro atoms. The van der Waals surface area contributed by atoms with Gasteiger partial charge in [-0.25, -0.2) is 18.4 Å². The number of rotatable bonds is 3. The van der Waals surface area contributed by atoms with Crippen molar-refractivity contribution in [3.63, 3.8) is 0 Å². The van der Waals surface area contributed by atoms with Crippen LogP contribution in [0.4, 0.5) is 18.4 Å². The topological polar surface area (TPSA) is 86.6 Å². The lowest BCUT2D eigenvalue weighted by Crippen LogP contribution is -2.33. The second-order valence-electron chi connectivity index (χ2n) is 10.3. The molecular weight excluding hydrogens is 458 g/mol. The monoisotopic (exact) mass is 488 g/mol. The highest BCUT2D eigenvalue weighted by molar-refractivity contribution is 5.91. The number of benzene rings is 1. The number of hydrogen-bond donors (Lipinski definition) is 0. The van der Waals surface area contributed by atoms with Crippen LogP contribution in [0.5, 0.6) is 0 Å². The first kappa shape index (κ1) is 26.1. The summed E-state index contributed by atoms with van der Waals surface area (Å²) in [5.41, 5.74) is -0.588. The van der Waals surface area contributed by atoms with E-state index in [-0.39, 0.29) is 23.4 Å². The molecule has 0 unspecified atom stereocenters. The van der Waals surface area contributed by atoms with Gasteiger partial charge in [-0.05, 0) is 72.2 Å². The zero-order chi connectivity index (χ0) is 26.3. The summed E-state index contributed by atoms with van der Waals surface area (Å²) < 4.78 is 41.8. The average molecular weight is 489 g/mol. The summed E-state index contributed by atoms with van der Waals surface area (Å²) in [7, 11) is 1.48. The first-order chi connectivity index (χ1) is 16.1. The highest BCUT2D eigenvalue weighted by Gasteiger charge is 2.24. The highest BCUT2D eigenvalue weighted by Crippen LogP contribution is 2.30. The van der Waals surface area contributed by atoms with Crippen LogP contribution in [-0.4, -0.2) is 50.1 Å². The molecule has 3 rings (SSSR count). The summed E-state index contributed by atoms with van der Waals surface area (Å²) in [4.78, 5) is 30.1. The van der Waals surface area contributed by atoms with Gasteiger partial charge in [-0.2, -0.15) is 9.78 Å². The molecule has 8 nitrogen and oxygen atoms in total. The van der Waals surface area contributed by atoms with Gasteiger partial charge in [0.1, 0.15) is 22.8 Å². The Labute approximate surface area is 202 Å². The Hall–Kier alpha value is -3.56. The summed E-state index contributed by atoms with van der Waals surface area (Å²) >= 11 is 0. The minimum atomic E-state index is -0.832. The van der Waals surface area contributed by atoms with Gasteiger partial charge in [-0.3, -0.25) is 4.98 Å². The smallest absolute Gasteiger partial charge is 0.435 e. The van der Waals surface area contributed by atoms with Crippen LogP contribution in [0.15, 0.2) is 24.4 Å². The fraction of sp³-hybridized carbons (Fsp3) is 0.440. The third kappa shape index (κ3) is 6.12. The zero-order valence-corrected chi connectivity index (χ0v) is 21.2. The Bertz CT molecular complexity index is 1270. The zero-order valence-electron chi connectivity index (χ0n) is 21.2. The average Bonchev–Trinajstić information content (AvgIpc) is 3.01. The van der Waals surface area contributed by atoms with Gasteiger partial charge in [0.25, 0.3) is 0 Å². The molecule has 0 radical (unpaired) electrons. The summed E-state index contributed by atoms with van der Waals surface area (Å²) in [5, 5.41) is 4.72. The number of carbonyl (C=O) groups excluding carboxylic acids is 2. The fourth-order valence-corrected chi connectivity index (χ4v) is 3.39. The molecule has 2 aromatic heterocycles. The lowest BCUT2D eigenvalue weighted by molar-refractivity contribution is 0.0284. The van der Waals surface area contributed by atoms with E-state index < -0.39 is 35.0 Å². The van der Waals surface area contributed by atoms with Gasteiger partial charge in [0.2, 0.25) is 0 Å². The Balaban J connectivity index is 1.92. The number of hydrogen-bond acceptors (Lipinski definition) is 6. The van der Waals surface area contributed by atoms with Crippen LogP contribution in [0.2, 0.25) is 0 Å². The minimum absolute atomic E-state index is 0.0444. The summed E-state index contributed by atoms with van der Waals surface area (Å²) in [6.07, 6.45) is 0.0467. The lowest BCUT2D eigenvalue weighted by atomic mass is 10.0. The van der Waals surface area contributed by atoms with Crippen LogP contribution in [0.1, 0.15) is 52.8 Å². The summed E-state index contributed by atoms with van der Waals surface area (Å²) in [5.74, 6) is -1.66. The van der Waals surface area contributed by atoms with Crippen LogP contribution in [-0.2, 0) is 16.0 Å². The maximum atomic E-state index is 15.0. The van der Waals surface area contributed by atoms with Crippen molar-refractivity contribution >= 4 is 23.1 Å². The van der Waals surface area contributed by atoms with Crippen molar-refractivity contribution in [3.05, 3.63) is 47.3 Å². The van der Waals surface area contributed by atoms with E-state index in [2.05, 4.69) is 10.1 Å². The molecule has 35 heavy (non-hydrogen) atoms. The van der Waals surface area contributed by atoms with Crippen molar-refractivity contribution in [1.29, 1.82) is 0 Å². The second-order valence-corrected chi connectivity index (χ2v) is 10.3. The molecule has 3 aromatic rings. The number of aromatic nitrogens is 3. The molecular formula is C25H30F2N4O4. The predicted octanol–water partition coefficient (Wildman–Crippen LogP) is 5.84. The Morgan fingerprint density at radius 1 is 1.00 bits per heavy atom. The number of pyridine rings is 1. The first-order valence-electron chi connectivity index (χ1n) is 11.1. The minimum Gasteiger partial charge on any atom is -0.444 e. The standard InChI is InChI=1S/C25H30F2N4O4/c1-14-16-11-19(28-12-20(16)31(29-14)23(33)35-25(5,6)7)21-17(26)9-15(10-18(21)27)13-30(8)22(32)34-24(2,3)4/h9-12H,13H2,1-8H3. The third-order valence-corrected chi connectivity index (χ3v) is 4.80. The number of amides is 1. The van der Waals surface area contributed by atoms with Crippen molar-refractivity contribution in [2.24, 2.45) is 0 Å². The van der Waals surface area contributed by atoms with E-state index in [1.54, 1.807) is 48.5 Å². The highest BCUT2D eigenvalue weighted by atomic mass is 19.1. The molecule has 0 atom stereocenters. The molecule has 0 aliphatic rings. The van der Waals surface area contributed by atoms with Crippen LogP contribution in [0.3, 0.4) is 0 Å². The van der Waals surface area contributed by atoms with Gasteiger partial charge in [-0.15, -0.1) is 0 Å². The third-order valence-electron chi connectivity index (χ3n) is 4.80. The van der Waals surface area contributed by atoms with Crippen LogP contribution in [0, 0.1) is 18.6 Å². The molecule has 0 aliphatic carbocycles. The van der Waals surface area contributed by atoms with Crippen LogP contribution >= 0.6 is 0 Å². The van der Waals surface area contributed by atoms with Crippen LogP contribution in [0.25, 0.3) is 22.2 Å². The molecule has 0 saturated carbocycles. The largest absolute Gasteiger partial charge is 0.444 e. The number of nitrogens with zero attached hydrogens (tertiary/aromatic N) is 4. The van der Waals surface area contributed by atoms with Gasteiger partial charge in [0, 0.05) is 19.0 Å². The van der Waals surface area contributed by atoms with Gasteiger partial charge < -0.3 is 14.4 Å². The van der Waals surface area contributed by atoms with E-state index in [0.717, 1.165) is 16.8 Å². The lowest BCUT2D eigenvalue weighted by Gasteiger charge is -2.24. The maximum absolute atomic E-state index is 15.0. The van der Waals surface area contributed by atoms with Gasteiger partial charge >= 0.3 is 12.2 Å².